The quantitative estimate of drug-likeness (QED) is 0.889. The van der Waals surface area contributed by atoms with E-state index < -0.39 is 10.0 Å². The van der Waals surface area contributed by atoms with Gasteiger partial charge in [-0.15, -0.1) is 11.3 Å². The lowest BCUT2D eigenvalue weighted by Crippen LogP contribution is -2.37. The summed E-state index contributed by atoms with van der Waals surface area (Å²) in [4.78, 5) is 1.73. The first-order valence-electron chi connectivity index (χ1n) is 5.83. The van der Waals surface area contributed by atoms with Crippen molar-refractivity contribution in [2.45, 2.75) is 37.3 Å². The average molecular weight is 307 g/mol. The van der Waals surface area contributed by atoms with Crippen molar-refractivity contribution in [2.24, 2.45) is 0 Å². The summed E-state index contributed by atoms with van der Waals surface area (Å²) in [6.07, 6.45) is 1.78. The van der Waals surface area contributed by atoms with E-state index in [2.05, 4.69) is 4.72 Å². The van der Waals surface area contributed by atoms with E-state index in [1.807, 2.05) is 11.8 Å². The third kappa shape index (κ3) is 3.27. The van der Waals surface area contributed by atoms with Gasteiger partial charge in [-0.25, -0.2) is 13.1 Å². The van der Waals surface area contributed by atoms with Crippen LogP contribution in [0.4, 0.5) is 0 Å². The van der Waals surface area contributed by atoms with Crippen LogP contribution >= 0.6 is 23.1 Å². The van der Waals surface area contributed by atoms with Crippen LogP contribution in [0.5, 0.6) is 0 Å². The van der Waals surface area contributed by atoms with Crippen molar-refractivity contribution in [3.05, 3.63) is 15.8 Å². The van der Waals surface area contributed by atoms with Gasteiger partial charge in [0.2, 0.25) is 10.0 Å². The van der Waals surface area contributed by atoms with Crippen molar-refractivity contribution in [2.75, 3.05) is 11.5 Å². The summed E-state index contributed by atoms with van der Waals surface area (Å²) in [6.45, 7) is 1.66. The highest BCUT2D eigenvalue weighted by molar-refractivity contribution is 7.99. The van der Waals surface area contributed by atoms with E-state index >= 15 is 0 Å². The summed E-state index contributed by atoms with van der Waals surface area (Å²) >= 11 is 3.20. The Morgan fingerprint density at radius 2 is 2.11 bits per heavy atom. The number of thiophene rings is 1. The van der Waals surface area contributed by atoms with Gasteiger partial charge in [0, 0.05) is 15.8 Å². The van der Waals surface area contributed by atoms with Crippen molar-refractivity contribution in [3.63, 3.8) is 0 Å². The zero-order valence-electron chi connectivity index (χ0n) is 10.2. The van der Waals surface area contributed by atoms with Crippen molar-refractivity contribution in [3.8, 4) is 0 Å². The Kier molecular flexibility index (Phi) is 4.71. The van der Waals surface area contributed by atoms with Gasteiger partial charge in [-0.1, -0.05) is 0 Å². The van der Waals surface area contributed by atoms with Crippen LogP contribution < -0.4 is 4.72 Å². The molecule has 1 aromatic rings. The van der Waals surface area contributed by atoms with Gasteiger partial charge in [-0.05, 0) is 37.3 Å². The normalized spacial score (nSPS) is 18.1. The second kappa shape index (κ2) is 5.92. The van der Waals surface area contributed by atoms with E-state index in [0.29, 0.717) is 9.77 Å². The molecule has 0 amide bonds. The van der Waals surface area contributed by atoms with Crippen LogP contribution in [0.25, 0.3) is 0 Å². The number of aliphatic hydroxyl groups is 1. The lowest BCUT2D eigenvalue weighted by atomic mass is 10.2. The summed E-state index contributed by atoms with van der Waals surface area (Å²) < 4.78 is 27.3. The molecular weight excluding hydrogens is 290 g/mol. The SMILES string of the molecule is Cc1sc(CO)cc1S(=O)(=O)NC1CCSCC1. The molecule has 0 aliphatic carbocycles. The maximum Gasteiger partial charge on any atom is 0.241 e. The molecule has 0 aromatic carbocycles. The largest absolute Gasteiger partial charge is 0.391 e. The predicted molar refractivity (Wildman–Crippen MR) is 75.6 cm³/mol. The number of aliphatic hydroxyl groups excluding tert-OH is 1. The molecule has 1 aliphatic rings. The fraction of sp³-hybridized carbons (Fsp3) is 0.636. The van der Waals surface area contributed by atoms with E-state index in [9.17, 15) is 8.42 Å². The van der Waals surface area contributed by atoms with Gasteiger partial charge in [0.25, 0.3) is 0 Å². The van der Waals surface area contributed by atoms with Gasteiger partial charge >= 0.3 is 0 Å². The Balaban J connectivity index is 2.16. The zero-order valence-corrected chi connectivity index (χ0v) is 12.6. The maximum atomic E-state index is 12.3. The fourth-order valence-electron chi connectivity index (χ4n) is 1.97. The zero-order chi connectivity index (χ0) is 13.2. The number of hydrogen-bond donors (Lipinski definition) is 2. The van der Waals surface area contributed by atoms with Crippen molar-refractivity contribution in [1.29, 1.82) is 0 Å². The average Bonchev–Trinajstić information content (AvgIpc) is 2.72. The first-order chi connectivity index (χ1) is 8.53. The molecule has 2 N–H and O–H groups in total. The maximum absolute atomic E-state index is 12.3. The standard InChI is InChI=1S/C11H17NO3S3/c1-8-11(6-10(7-13)17-8)18(14,15)12-9-2-4-16-5-3-9/h6,9,12-13H,2-5,7H2,1H3. The fourth-order valence-corrected chi connectivity index (χ4v) is 5.87. The summed E-state index contributed by atoms with van der Waals surface area (Å²) in [6, 6.07) is 1.62. The molecule has 18 heavy (non-hydrogen) atoms. The Morgan fingerprint density at radius 1 is 1.44 bits per heavy atom. The highest BCUT2D eigenvalue weighted by Gasteiger charge is 2.24. The minimum absolute atomic E-state index is 0.0492. The Labute approximate surface area is 116 Å². The van der Waals surface area contributed by atoms with Gasteiger partial charge in [-0.3, -0.25) is 0 Å². The van der Waals surface area contributed by atoms with Gasteiger partial charge < -0.3 is 5.11 Å². The third-order valence-corrected chi connectivity index (χ3v) is 6.77. The number of thioether (sulfide) groups is 1. The Bertz CT molecular complexity index is 504. The van der Waals surface area contributed by atoms with Crippen LogP contribution in [0.15, 0.2) is 11.0 Å². The van der Waals surface area contributed by atoms with E-state index in [0.717, 1.165) is 29.2 Å². The molecule has 4 nitrogen and oxygen atoms in total. The molecular formula is C11H17NO3S3. The molecule has 7 heteroatoms. The number of nitrogens with one attached hydrogen (secondary N) is 1. The molecule has 2 heterocycles. The molecule has 1 fully saturated rings. The molecule has 0 saturated carbocycles. The predicted octanol–water partition coefficient (Wildman–Crippen LogP) is 1.72. The van der Waals surface area contributed by atoms with Crippen molar-refractivity contribution < 1.29 is 13.5 Å². The van der Waals surface area contributed by atoms with Crippen molar-refractivity contribution >= 4 is 33.1 Å². The number of rotatable bonds is 4. The molecule has 0 spiro atoms. The van der Waals surface area contributed by atoms with Crippen molar-refractivity contribution in [1.82, 2.24) is 4.72 Å². The third-order valence-electron chi connectivity index (χ3n) is 2.91. The van der Waals surface area contributed by atoms with Crippen LogP contribution in [0.3, 0.4) is 0 Å². The van der Waals surface area contributed by atoms with Gasteiger partial charge in [0.15, 0.2) is 0 Å². The summed E-state index contributed by atoms with van der Waals surface area (Å²) in [5.74, 6) is 2.02. The molecule has 1 aliphatic heterocycles. The second-order valence-corrected chi connectivity index (χ2v) is 8.55. The first kappa shape index (κ1) is 14.3. The molecule has 0 bridgehead atoms. The lowest BCUT2D eigenvalue weighted by Gasteiger charge is -2.22. The van der Waals surface area contributed by atoms with E-state index in [4.69, 9.17) is 5.11 Å². The smallest absolute Gasteiger partial charge is 0.241 e. The molecule has 1 saturated heterocycles. The van der Waals surface area contributed by atoms with Gasteiger partial charge in [-0.2, -0.15) is 11.8 Å². The highest BCUT2D eigenvalue weighted by atomic mass is 32.2. The van der Waals surface area contributed by atoms with Crippen LogP contribution in [0.2, 0.25) is 0 Å². The molecule has 102 valence electrons. The molecule has 0 unspecified atom stereocenters. The summed E-state index contributed by atoms with van der Waals surface area (Å²) in [7, 11) is -3.44. The molecule has 2 rings (SSSR count). The van der Waals surface area contributed by atoms with E-state index in [1.165, 1.54) is 11.3 Å². The number of aryl methyl sites for hydroxylation is 1. The first-order valence-corrected chi connectivity index (χ1v) is 9.28. The van der Waals surface area contributed by atoms with E-state index in [1.54, 1.807) is 13.0 Å². The molecule has 1 aromatic heterocycles. The van der Waals surface area contributed by atoms with Crippen LogP contribution in [-0.2, 0) is 16.6 Å². The molecule has 0 radical (unpaired) electrons. The Morgan fingerprint density at radius 3 is 2.67 bits per heavy atom. The van der Waals surface area contributed by atoms with Gasteiger partial charge in [0.05, 0.1) is 11.5 Å². The van der Waals surface area contributed by atoms with Gasteiger partial charge in [0.1, 0.15) is 0 Å². The topological polar surface area (TPSA) is 66.4 Å². The minimum Gasteiger partial charge on any atom is -0.391 e. The number of hydrogen-bond acceptors (Lipinski definition) is 5. The second-order valence-electron chi connectivity index (χ2n) is 4.30. The van der Waals surface area contributed by atoms with E-state index in [-0.39, 0.29) is 12.6 Å². The minimum atomic E-state index is -3.44. The van der Waals surface area contributed by atoms with Crippen LogP contribution in [-0.4, -0.2) is 31.1 Å². The summed E-state index contributed by atoms with van der Waals surface area (Å²) in [5, 5.41) is 9.05. The summed E-state index contributed by atoms with van der Waals surface area (Å²) in [5.41, 5.74) is 0. The van der Waals surface area contributed by atoms with Crippen LogP contribution in [0, 0.1) is 6.92 Å². The van der Waals surface area contributed by atoms with Crippen LogP contribution in [0.1, 0.15) is 22.6 Å². The monoisotopic (exact) mass is 307 g/mol. The number of sulfonamides is 1. The highest BCUT2D eigenvalue weighted by Crippen LogP contribution is 2.27. The Hall–Kier alpha value is -0.0800. The molecule has 0 atom stereocenters. The lowest BCUT2D eigenvalue weighted by molar-refractivity contribution is 0.285.